The predicted molar refractivity (Wildman–Crippen MR) is 110 cm³/mol. The fourth-order valence-corrected chi connectivity index (χ4v) is 2.84. The number of likely N-dealkylation sites (N-methyl/N-ethyl adjacent to an activating group) is 1. The maximum absolute atomic E-state index is 12.8. The minimum absolute atomic E-state index is 0.165. The van der Waals surface area contributed by atoms with Gasteiger partial charge in [0.15, 0.2) is 6.61 Å². The summed E-state index contributed by atoms with van der Waals surface area (Å²) in [5, 5.41) is 3.35. The topological polar surface area (TPSA) is 58.6 Å². The van der Waals surface area contributed by atoms with E-state index in [-0.39, 0.29) is 18.4 Å². The number of hydrogen-bond donors (Lipinski definition) is 1. The van der Waals surface area contributed by atoms with Crippen LogP contribution in [0.5, 0.6) is 5.75 Å². The molecule has 0 saturated heterocycles. The molecule has 0 heterocycles. The van der Waals surface area contributed by atoms with Crippen molar-refractivity contribution in [2.45, 2.75) is 26.4 Å². The van der Waals surface area contributed by atoms with Crippen LogP contribution in [0, 0.1) is 0 Å². The molecular formula is C20H22BrClN2O3. The zero-order valence-corrected chi connectivity index (χ0v) is 17.6. The smallest absolute Gasteiger partial charge is 0.261 e. The number of ether oxygens (including phenoxy) is 1. The molecular weight excluding hydrogens is 432 g/mol. The highest BCUT2D eigenvalue weighted by Crippen LogP contribution is 2.17. The third-order valence-corrected chi connectivity index (χ3v) is 4.74. The number of nitrogens with zero attached hydrogens (tertiary/aromatic N) is 1. The Morgan fingerprint density at radius 3 is 2.37 bits per heavy atom. The van der Waals surface area contributed by atoms with Crippen molar-refractivity contribution in [1.29, 1.82) is 0 Å². The molecule has 2 aromatic rings. The van der Waals surface area contributed by atoms with Crippen LogP contribution in [0.3, 0.4) is 0 Å². The molecule has 7 heteroatoms. The van der Waals surface area contributed by atoms with Crippen LogP contribution in [-0.2, 0) is 16.1 Å². The van der Waals surface area contributed by atoms with Crippen LogP contribution in [0.1, 0.15) is 19.4 Å². The molecule has 144 valence electrons. The predicted octanol–water partition coefficient (Wildman–Crippen LogP) is 4.03. The zero-order chi connectivity index (χ0) is 19.8. The fraction of sp³-hybridized carbons (Fsp3) is 0.300. The minimum atomic E-state index is -0.616. The Balaban J connectivity index is 2.11. The molecule has 0 aliphatic heterocycles. The molecule has 2 aromatic carbocycles. The van der Waals surface area contributed by atoms with E-state index in [2.05, 4.69) is 21.2 Å². The second kappa shape index (κ2) is 10.3. The van der Waals surface area contributed by atoms with Gasteiger partial charge in [-0.3, -0.25) is 9.59 Å². The van der Waals surface area contributed by atoms with Crippen molar-refractivity contribution in [1.82, 2.24) is 10.2 Å². The van der Waals surface area contributed by atoms with E-state index in [1.165, 1.54) is 4.90 Å². The molecule has 5 nitrogen and oxygen atoms in total. The molecule has 0 fully saturated rings. The van der Waals surface area contributed by atoms with Gasteiger partial charge in [0.2, 0.25) is 5.91 Å². The van der Waals surface area contributed by atoms with E-state index in [0.717, 1.165) is 10.0 Å². The first-order valence-corrected chi connectivity index (χ1v) is 9.77. The Hall–Kier alpha value is -2.05. The molecule has 0 aliphatic rings. The highest BCUT2D eigenvalue weighted by molar-refractivity contribution is 9.10. The molecule has 0 bridgehead atoms. The molecule has 0 unspecified atom stereocenters. The summed E-state index contributed by atoms with van der Waals surface area (Å²) in [5.74, 6) is 0.0723. The van der Waals surface area contributed by atoms with Gasteiger partial charge in [0, 0.05) is 22.6 Å². The van der Waals surface area contributed by atoms with Gasteiger partial charge in [-0.25, -0.2) is 0 Å². The van der Waals surface area contributed by atoms with Crippen molar-refractivity contribution >= 4 is 39.3 Å². The van der Waals surface area contributed by atoms with Gasteiger partial charge >= 0.3 is 0 Å². The number of halogens is 2. The summed E-state index contributed by atoms with van der Waals surface area (Å²) in [5.41, 5.74) is 0.925. The molecule has 0 aromatic heterocycles. The lowest BCUT2D eigenvalue weighted by atomic mass is 10.1. The van der Waals surface area contributed by atoms with E-state index in [1.54, 1.807) is 31.2 Å². The van der Waals surface area contributed by atoms with Crippen molar-refractivity contribution in [3.05, 3.63) is 63.6 Å². The molecule has 1 atom stereocenters. The number of hydrogen-bond acceptors (Lipinski definition) is 3. The number of carbonyl (C=O) groups is 2. The third kappa shape index (κ3) is 6.56. The quantitative estimate of drug-likeness (QED) is 0.656. The summed E-state index contributed by atoms with van der Waals surface area (Å²) in [4.78, 5) is 26.6. The van der Waals surface area contributed by atoms with Crippen molar-refractivity contribution in [2.24, 2.45) is 0 Å². The van der Waals surface area contributed by atoms with Gasteiger partial charge in [-0.1, -0.05) is 39.7 Å². The highest BCUT2D eigenvalue weighted by Gasteiger charge is 2.26. The first-order valence-electron chi connectivity index (χ1n) is 8.60. The first-order chi connectivity index (χ1) is 12.9. The zero-order valence-electron chi connectivity index (χ0n) is 15.2. The maximum atomic E-state index is 12.8. The lowest BCUT2D eigenvalue weighted by molar-refractivity contribution is -0.142. The van der Waals surface area contributed by atoms with Gasteiger partial charge in [0.1, 0.15) is 11.8 Å². The van der Waals surface area contributed by atoms with Crippen molar-refractivity contribution in [3.63, 3.8) is 0 Å². The Bertz CT molecular complexity index is 766. The monoisotopic (exact) mass is 452 g/mol. The van der Waals surface area contributed by atoms with E-state index >= 15 is 0 Å². The molecule has 1 N–H and O–H groups in total. The SMILES string of the molecule is CCNC(=O)[C@@H](C)N(Cc1ccc(Br)cc1)C(=O)COc1ccc(Cl)cc1. The average molecular weight is 454 g/mol. The van der Waals surface area contributed by atoms with Crippen LogP contribution in [0.25, 0.3) is 0 Å². The van der Waals surface area contributed by atoms with Gasteiger partial charge < -0.3 is 15.0 Å². The summed E-state index contributed by atoms with van der Waals surface area (Å²) in [6.45, 7) is 4.21. The number of carbonyl (C=O) groups excluding carboxylic acids is 2. The van der Waals surface area contributed by atoms with Crippen molar-refractivity contribution in [3.8, 4) is 5.75 Å². The van der Waals surface area contributed by atoms with Gasteiger partial charge in [-0.2, -0.15) is 0 Å². The number of benzene rings is 2. The standard InChI is InChI=1S/C20H22BrClN2O3/c1-3-23-20(26)14(2)24(12-15-4-6-16(21)7-5-15)19(25)13-27-18-10-8-17(22)9-11-18/h4-11,14H,3,12-13H2,1-2H3,(H,23,26)/t14-/m1/s1. The highest BCUT2D eigenvalue weighted by atomic mass is 79.9. The fourth-order valence-electron chi connectivity index (χ4n) is 2.45. The van der Waals surface area contributed by atoms with Crippen LogP contribution in [0.4, 0.5) is 0 Å². The molecule has 0 radical (unpaired) electrons. The van der Waals surface area contributed by atoms with Crippen LogP contribution in [0.2, 0.25) is 5.02 Å². The van der Waals surface area contributed by atoms with Crippen LogP contribution >= 0.6 is 27.5 Å². The summed E-state index contributed by atoms with van der Waals surface area (Å²) < 4.78 is 6.51. The van der Waals surface area contributed by atoms with Crippen LogP contribution < -0.4 is 10.1 Å². The van der Waals surface area contributed by atoms with Crippen LogP contribution in [-0.4, -0.2) is 35.9 Å². The molecule has 2 rings (SSSR count). The van der Waals surface area contributed by atoms with Crippen molar-refractivity contribution < 1.29 is 14.3 Å². The van der Waals surface area contributed by atoms with Crippen LogP contribution in [0.15, 0.2) is 53.0 Å². The summed E-state index contributed by atoms with van der Waals surface area (Å²) in [7, 11) is 0. The number of amides is 2. The van der Waals surface area contributed by atoms with Gasteiger partial charge in [0.25, 0.3) is 5.91 Å². The van der Waals surface area contributed by atoms with E-state index in [0.29, 0.717) is 23.9 Å². The molecule has 0 saturated carbocycles. The minimum Gasteiger partial charge on any atom is -0.484 e. The number of rotatable bonds is 8. The summed E-state index contributed by atoms with van der Waals surface area (Å²) in [6.07, 6.45) is 0. The van der Waals surface area contributed by atoms with Gasteiger partial charge in [0.05, 0.1) is 0 Å². The van der Waals surface area contributed by atoms with E-state index in [4.69, 9.17) is 16.3 Å². The van der Waals surface area contributed by atoms with Gasteiger partial charge in [-0.05, 0) is 55.8 Å². The van der Waals surface area contributed by atoms with Gasteiger partial charge in [-0.15, -0.1) is 0 Å². The summed E-state index contributed by atoms with van der Waals surface area (Å²) in [6, 6.07) is 13.8. The first kappa shape index (κ1) is 21.3. The lowest BCUT2D eigenvalue weighted by Crippen LogP contribution is -2.49. The third-order valence-electron chi connectivity index (χ3n) is 3.96. The summed E-state index contributed by atoms with van der Waals surface area (Å²) >= 11 is 9.25. The van der Waals surface area contributed by atoms with E-state index in [9.17, 15) is 9.59 Å². The van der Waals surface area contributed by atoms with E-state index < -0.39 is 6.04 Å². The largest absolute Gasteiger partial charge is 0.484 e. The second-order valence-electron chi connectivity index (χ2n) is 5.96. The molecule has 27 heavy (non-hydrogen) atoms. The molecule has 2 amide bonds. The second-order valence-corrected chi connectivity index (χ2v) is 7.31. The molecule has 0 aliphatic carbocycles. The average Bonchev–Trinajstić information content (AvgIpc) is 2.66. The normalized spacial score (nSPS) is 11.6. The molecule has 0 spiro atoms. The Morgan fingerprint density at radius 2 is 1.78 bits per heavy atom. The Morgan fingerprint density at radius 1 is 1.15 bits per heavy atom. The maximum Gasteiger partial charge on any atom is 0.261 e. The van der Waals surface area contributed by atoms with Crippen molar-refractivity contribution in [2.75, 3.05) is 13.2 Å². The lowest BCUT2D eigenvalue weighted by Gasteiger charge is -2.28. The van der Waals surface area contributed by atoms with E-state index in [1.807, 2.05) is 31.2 Å². The Labute approximate surface area is 172 Å². The Kier molecular flexibility index (Phi) is 8.13. The number of nitrogens with one attached hydrogen (secondary N) is 1.